The van der Waals surface area contributed by atoms with Crippen molar-refractivity contribution in [3.8, 4) is 11.5 Å². The quantitative estimate of drug-likeness (QED) is 0.692. The summed E-state index contributed by atoms with van der Waals surface area (Å²) in [7, 11) is 3.09. The summed E-state index contributed by atoms with van der Waals surface area (Å²) in [5, 5.41) is 0.727. The highest BCUT2D eigenvalue weighted by molar-refractivity contribution is 6.14. The number of carbonyl (C=O) groups is 1. The van der Waals surface area contributed by atoms with E-state index in [2.05, 4.69) is 9.97 Å². The number of methoxy groups -OCH3 is 2. The van der Waals surface area contributed by atoms with Crippen LogP contribution in [0, 0.1) is 0 Å². The molecule has 2 aromatic carbocycles. The number of nitrogens with zero attached hydrogens (tertiary/aromatic N) is 2. The molecule has 3 rings (SSSR count). The van der Waals surface area contributed by atoms with Gasteiger partial charge in [-0.2, -0.15) is 0 Å². The molecule has 0 unspecified atom stereocenters. The van der Waals surface area contributed by atoms with Crippen molar-refractivity contribution in [1.29, 1.82) is 0 Å². The molecule has 0 saturated heterocycles. The molecule has 0 aliphatic heterocycles. The van der Waals surface area contributed by atoms with Crippen molar-refractivity contribution in [1.82, 2.24) is 9.97 Å². The maximum Gasteiger partial charge on any atom is 0.212 e. The van der Waals surface area contributed by atoms with E-state index in [-0.39, 0.29) is 5.78 Å². The van der Waals surface area contributed by atoms with Crippen molar-refractivity contribution in [3.05, 3.63) is 60.0 Å². The number of hydrogen-bond donors (Lipinski definition) is 0. The number of ketones is 1. The first kappa shape index (κ1) is 14.0. The third-order valence-electron chi connectivity index (χ3n) is 3.40. The lowest BCUT2D eigenvalue weighted by Gasteiger charge is -2.09. The topological polar surface area (TPSA) is 61.3 Å². The molecule has 1 aromatic heterocycles. The Hall–Kier alpha value is -2.95. The zero-order valence-corrected chi connectivity index (χ0v) is 12.2. The van der Waals surface area contributed by atoms with Gasteiger partial charge in [-0.05, 0) is 24.3 Å². The molecule has 0 aliphatic rings. The Bertz CT molecular complexity index is 841. The number of para-hydroxylation sites is 1. The second-order valence-corrected chi connectivity index (χ2v) is 4.64. The van der Waals surface area contributed by atoms with Crippen LogP contribution in [0.25, 0.3) is 10.9 Å². The summed E-state index contributed by atoms with van der Waals surface area (Å²) in [6.45, 7) is 0. The van der Waals surface area contributed by atoms with Gasteiger partial charge in [0.2, 0.25) is 5.78 Å². The van der Waals surface area contributed by atoms with Gasteiger partial charge in [-0.25, -0.2) is 9.97 Å². The molecule has 22 heavy (non-hydrogen) atoms. The van der Waals surface area contributed by atoms with Crippen molar-refractivity contribution in [2.75, 3.05) is 14.2 Å². The fourth-order valence-corrected chi connectivity index (χ4v) is 2.30. The van der Waals surface area contributed by atoms with E-state index in [0.29, 0.717) is 22.8 Å². The smallest absolute Gasteiger partial charge is 0.212 e. The first-order valence-corrected chi connectivity index (χ1v) is 6.71. The summed E-state index contributed by atoms with van der Waals surface area (Å²) in [6, 6.07) is 12.5. The Balaban J connectivity index is 2.10. The third kappa shape index (κ3) is 2.37. The number of hydrogen-bond acceptors (Lipinski definition) is 5. The summed E-state index contributed by atoms with van der Waals surface area (Å²) in [4.78, 5) is 21.1. The summed E-state index contributed by atoms with van der Waals surface area (Å²) in [5.41, 5.74) is 1.60. The molecule has 0 spiro atoms. The number of benzene rings is 2. The highest BCUT2D eigenvalue weighted by Gasteiger charge is 2.16. The van der Waals surface area contributed by atoms with Crippen molar-refractivity contribution < 1.29 is 14.3 Å². The first-order chi connectivity index (χ1) is 10.7. The molecule has 110 valence electrons. The molecule has 0 atom stereocenters. The maximum atomic E-state index is 12.7. The maximum absolute atomic E-state index is 12.7. The van der Waals surface area contributed by atoms with Crippen LogP contribution in [0.4, 0.5) is 0 Å². The lowest BCUT2D eigenvalue weighted by atomic mass is 10.0. The van der Waals surface area contributed by atoms with E-state index < -0.39 is 0 Å². The molecule has 5 heteroatoms. The highest BCUT2D eigenvalue weighted by Crippen LogP contribution is 2.29. The van der Waals surface area contributed by atoms with Crippen LogP contribution in [-0.2, 0) is 0 Å². The zero-order chi connectivity index (χ0) is 15.5. The van der Waals surface area contributed by atoms with Gasteiger partial charge in [0.25, 0.3) is 0 Å². The standard InChI is InChI=1S/C17H14N2O3/c1-21-14-8-7-11(9-15(14)22-2)17(20)16-12-5-3-4-6-13(12)18-10-19-16/h3-10H,1-2H3. The fourth-order valence-electron chi connectivity index (χ4n) is 2.30. The second-order valence-electron chi connectivity index (χ2n) is 4.64. The van der Waals surface area contributed by atoms with Crippen molar-refractivity contribution in [2.45, 2.75) is 0 Å². The molecule has 3 aromatic rings. The lowest BCUT2D eigenvalue weighted by Crippen LogP contribution is -2.06. The molecule has 0 aliphatic carbocycles. The van der Waals surface area contributed by atoms with E-state index in [0.717, 1.165) is 10.9 Å². The Labute approximate surface area is 127 Å². The van der Waals surface area contributed by atoms with Crippen LogP contribution in [0.2, 0.25) is 0 Å². The number of ether oxygens (including phenoxy) is 2. The molecule has 1 heterocycles. The predicted molar refractivity (Wildman–Crippen MR) is 82.5 cm³/mol. The van der Waals surface area contributed by atoms with Gasteiger partial charge in [0.1, 0.15) is 12.0 Å². The van der Waals surface area contributed by atoms with E-state index in [1.54, 1.807) is 25.3 Å². The van der Waals surface area contributed by atoms with E-state index in [1.165, 1.54) is 13.4 Å². The Morgan fingerprint density at radius 1 is 0.955 bits per heavy atom. The SMILES string of the molecule is COc1ccc(C(=O)c2ncnc3ccccc23)cc1OC. The Morgan fingerprint density at radius 2 is 1.73 bits per heavy atom. The number of carbonyl (C=O) groups excluding carboxylic acids is 1. The van der Waals surface area contributed by atoms with Crippen LogP contribution in [0.15, 0.2) is 48.8 Å². The van der Waals surface area contributed by atoms with Crippen molar-refractivity contribution in [2.24, 2.45) is 0 Å². The Morgan fingerprint density at radius 3 is 2.50 bits per heavy atom. The minimum absolute atomic E-state index is 0.181. The van der Waals surface area contributed by atoms with Crippen molar-refractivity contribution in [3.63, 3.8) is 0 Å². The molecule has 0 N–H and O–H groups in total. The van der Waals surface area contributed by atoms with Gasteiger partial charge >= 0.3 is 0 Å². The van der Waals surface area contributed by atoms with Gasteiger partial charge < -0.3 is 9.47 Å². The van der Waals surface area contributed by atoms with E-state index in [4.69, 9.17) is 9.47 Å². The van der Waals surface area contributed by atoms with Crippen LogP contribution in [0.3, 0.4) is 0 Å². The van der Waals surface area contributed by atoms with Crippen LogP contribution < -0.4 is 9.47 Å². The monoisotopic (exact) mass is 294 g/mol. The largest absolute Gasteiger partial charge is 0.493 e. The van der Waals surface area contributed by atoms with Crippen LogP contribution in [0.1, 0.15) is 16.1 Å². The molecule has 0 fully saturated rings. The molecular formula is C17H14N2O3. The summed E-state index contributed by atoms with van der Waals surface area (Å²) < 4.78 is 10.4. The molecule has 0 amide bonds. The molecule has 5 nitrogen and oxygen atoms in total. The van der Waals surface area contributed by atoms with Crippen LogP contribution in [-0.4, -0.2) is 30.0 Å². The highest BCUT2D eigenvalue weighted by atomic mass is 16.5. The normalized spacial score (nSPS) is 10.5. The van der Waals surface area contributed by atoms with Crippen molar-refractivity contribution >= 4 is 16.7 Å². The summed E-state index contributed by atoms with van der Waals surface area (Å²) in [5.74, 6) is 0.901. The molecular weight excluding hydrogens is 280 g/mol. The van der Waals surface area contributed by atoms with Crippen LogP contribution in [0.5, 0.6) is 11.5 Å². The molecule has 0 radical (unpaired) electrons. The second kappa shape index (κ2) is 5.81. The number of aromatic nitrogens is 2. The minimum atomic E-state index is -0.181. The Kier molecular flexibility index (Phi) is 3.70. The van der Waals surface area contributed by atoms with E-state index in [1.807, 2.05) is 24.3 Å². The predicted octanol–water partition coefficient (Wildman–Crippen LogP) is 2.88. The van der Waals surface area contributed by atoms with Crippen LogP contribution >= 0.6 is 0 Å². The minimum Gasteiger partial charge on any atom is -0.493 e. The first-order valence-electron chi connectivity index (χ1n) is 6.71. The zero-order valence-electron chi connectivity index (χ0n) is 12.2. The number of rotatable bonds is 4. The average Bonchev–Trinajstić information content (AvgIpc) is 2.60. The van der Waals surface area contributed by atoms with Gasteiger partial charge in [-0.1, -0.05) is 18.2 Å². The third-order valence-corrected chi connectivity index (χ3v) is 3.40. The van der Waals surface area contributed by atoms with Gasteiger partial charge in [0.05, 0.1) is 19.7 Å². The summed E-state index contributed by atoms with van der Waals surface area (Å²) >= 11 is 0. The molecule has 0 saturated carbocycles. The molecule has 0 bridgehead atoms. The lowest BCUT2D eigenvalue weighted by molar-refractivity contribution is 0.103. The van der Waals surface area contributed by atoms with Gasteiger partial charge in [0, 0.05) is 10.9 Å². The number of fused-ring (bicyclic) bond motifs is 1. The summed E-state index contributed by atoms with van der Waals surface area (Å²) in [6.07, 6.45) is 1.40. The van der Waals surface area contributed by atoms with E-state index >= 15 is 0 Å². The average molecular weight is 294 g/mol. The van der Waals surface area contributed by atoms with Gasteiger partial charge in [-0.3, -0.25) is 4.79 Å². The van der Waals surface area contributed by atoms with Gasteiger partial charge in [0.15, 0.2) is 11.5 Å². The fraction of sp³-hybridized carbons (Fsp3) is 0.118. The van der Waals surface area contributed by atoms with Gasteiger partial charge in [-0.15, -0.1) is 0 Å². The van der Waals surface area contributed by atoms with E-state index in [9.17, 15) is 4.79 Å².